The smallest absolute Gasteiger partial charge is 0.0786 e. The van der Waals surface area contributed by atoms with Gasteiger partial charge in [0.1, 0.15) is 0 Å². The summed E-state index contributed by atoms with van der Waals surface area (Å²) in [6.07, 6.45) is 6.81. The highest BCUT2D eigenvalue weighted by Crippen LogP contribution is 2.14. The van der Waals surface area contributed by atoms with Gasteiger partial charge in [0.15, 0.2) is 0 Å². The first-order chi connectivity index (χ1) is 7.36. The first kappa shape index (κ1) is 11.8. The minimum Gasteiger partial charge on any atom is -0.516 e. The van der Waals surface area contributed by atoms with E-state index in [0.29, 0.717) is 0 Å². The van der Waals surface area contributed by atoms with E-state index in [1.165, 1.54) is 31.1 Å². The zero-order valence-electron chi connectivity index (χ0n) is 9.45. The average Bonchev–Trinajstić information content (AvgIpc) is 2.29. The molecule has 0 radical (unpaired) electrons. The topological polar surface area (TPSA) is 20.2 Å². The number of unbranched alkanes of at least 4 members (excludes halogenated alkanes) is 2. The summed E-state index contributed by atoms with van der Waals surface area (Å²) in [5.74, 6) is 0. The predicted octanol–water partition coefficient (Wildman–Crippen LogP) is 4.25. The highest BCUT2D eigenvalue weighted by molar-refractivity contribution is 5.20. The normalized spacial score (nSPS) is 11.7. The summed E-state index contributed by atoms with van der Waals surface area (Å²) in [5.41, 5.74) is 2.41. The van der Waals surface area contributed by atoms with E-state index in [1.54, 1.807) is 0 Å². The molecule has 0 atom stereocenters. The molecule has 82 valence electrons. The van der Waals surface area contributed by atoms with E-state index in [2.05, 4.69) is 19.1 Å². The molecule has 1 heteroatoms. The van der Waals surface area contributed by atoms with Crippen molar-refractivity contribution in [2.75, 3.05) is 0 Å². The van der Waals surface area contributed by atoms with Crippen molar-refractivity contribution < 1.29 is 5.11 Å². The van der Waals surface area contributed by atoms with E-state index in [1.807, 2.05) is 18.2 Å². The van der Waals surface area contributed by atoms with Crippen molar-refractivity contribution in [1.29, 1.82) is 0 Å². The van der Waals surface area contributed by atoms with Gasteiger partial charge in [0.2, 0.25) is 0 Å². The van der Waals surface area contributed by atoms with Crippen molar-refractivity contribution >= 4 is 0 Å². The van der Waals surface area contributed by atoms with Crippen LogP contribution in [0.25, 0.3) is 0 Å². The summed E-state index contributed by atoms with van der Waals surface area (Å²) in [5, 5.41) is 9.12. The molecular weight excluding hydrogens is 184 g/mol. The SMILES string of the molecule is CCCCCC(=CO)Cc1ccccc1. The number of hydrogen-bond acceptors (Lipinski definition) is 1. The van der Waals surface area contributed by atoms with E-state index in [0.717, 1.165) is 18.4 Å². The molecule has 1 N–H and O–H groups in total. The van der Waals surface area contributed by atoms with Crippen molar-refractivity contribution in [3.8, 4) is 0 Å². The van der Waals surface area contributed by atoms with Gasteiger partial charge in [-0.2, -0.15) is 0 Å². The van der Waals surface area contributed by atoms with Gasteiger partial charge in [0.25, 0.3) is 0 Å². The highest BCUT2D eigenvalue weighted by Gasteiger charge is 1.99. The number of aliphatic hydroxyl groups excluding tert-OH is 1. The quantitative estimate of drug-likeness (QED) is 0.542. The van der Waals surface area contributed by atoms with Crippen LogP contribution in [0.4, 0.5) is 0 Å². The van der Waals surface area contributed by atoms with Gasteiger partial charge < -0.3 is 5.11 Å². The largest absolute Gasteiger partial charge is 0.516 e. The Kier molecular flexibility index (Phi) is 5.60. The van der Waals surface area contributed by atoms with Crippen LogP contribution >= 0.6 is 0 Å². The Bertz CT molecular complexity index is 287. The standard InChI is InChI=1S/C14H20O/c1-2-3-5-10-14(12-15)11-13-8-6-4-7-9-13/h4,6-9,12,15H,2-3,5,10-11H2,1H3. The molecule has 1 aromatic rings. The molecule has 1 aromatic carbocycles. The van der Waals surface area contributed by atoms with Crippen LogP contribution in [-0.4, -0.2) is 5.11 Å². The molecule has 0 heterocycles. The summed E-state index contributed by atoms with van der Waals surface area (Å²) in [4.78, 5) is 0. The molecule has 0 aliphatic rings. The lowest BCUT2D eigenvalue weighted by Crippen LogP contribution is -1.91. The Morgan fingerprint density at radius 2 is 1.93 bits per heavy atom. The van der Waals surface area contributed by atoms with E-state index in [9.17, 15) is 0 Å². The average molecular weight is 204 g/mol. The second kappa shape index (κ2) is 7.10. The Morgan fingerprint density at radius 1 is 1.20 bits per heavy atom. The number of aliphatic hydroxyl groups is 1. The third-order valence-electron chi connectivity index (χ3n) is 2.56. The van der Waals surface area contributed by atoms with Gasteiger partial charge in [-0.25, -0.2) is 0 Å². The van der Waals surface area contributed by atoms with Crippen LogP contribution in [-0.2, 0) is 6.42 Å². The lowest BCUT2D eigenvalue weighted by Gasteiger charge is -2.05. The first-order valence-corrected chi connectivity index (χ1v) is 5.73. The Morgan fingerprint density at radius 3 is 2.53 bits per heavy atom. The second-order valence-corrected chi connectivity index (χ2v) is 3.91. The number of allylic oxidation sites excluding steroid dienone is 1. The zero-order valence-corrected chi connectivity index (χ0v) is 9.45. The van der Waals surface area contributed by atoms with Gasteiger partial charge in [-0.1, -0.05) is 50.1 Å². The van der Waals surface area contributed by atoms with Crippen LogP contribution in [0, 0.1) is 0 Å². The van der Waals surface area contributed by atoms with E-state index in [4.69, 9.17) is 5.11 Å². The van der Waals surface area contributed by atoms with E-state index in [-0.39, 0.29) is 0 Å². The lowest BCUT2D eigenvalue weighted by molar-refractivity contribution is 0.461. The molecule has 0 aliphatic carbocycles. The van der Waals surface area contributed by atoms with Crippen LogP contribution in [0.15, 0.2) is 42.2 Å². The molecule has 1 rings (SSSR count). The number of rotatable bonds is 6. The van der Waals surface area contributed by atoms with Gasteiger partial charge in [-0.05, 0) is 30.4 Å². The summed E-state index contributed by atoms with van der Waals surface area (Å²) >= 11 is 0. The molecule has 15 heavy (non-hydrogen) atoms. The molecule has 0 saturated carbocycles. The fourth-order valence-corrected chi connectivity index (χ4v) is 1.66. The van der Waals surface area contributed by atoms with Crippen molar-refractivity contribution in [2.24, 2.45) is 0 Å². The highest BCUT2D eigenvalue weighted by atomic mass is 16.2. The molecule has 0 saturated heterocycles. The number of hydrogen-bond donors (Lipinski definition) is 1. The third kappa shape index (κ3) is 4.68. The summed E-state index contributed by atoms with van der Waals surface area (Å²) < 4.78 is 0. The summed E-state index contributed by atoms with van der Waals surface area (Å²) in [7, 11) is 0. The van der Waals surface area contributed by atoms with Crippen molar-refractivity contribution in [2.45, 2.75) is 39.0 Å². The maximum Gasteiger partial charge on any atom is 0.0786 e. The van der Waals surface area contributed by atoms with Crippen LogP contribution in [0.1, 0.15) is 38.2 Å². The van der Waals surface area contributed by atoms with Gasteiger partial charge in [-0.15, -0.1) is 0 Å². The molecule has 0 spiro atoms. The molecular formula is C14H20O. The fraction of sp³-hybridized carbons (Fsp3) is 0.429. The Balaban J connectivity index is 2.41. The van der Waals surface area contributed by atoms with Crippen molar-refractivity contribution in [1.82, 2.24) is 0 Å². The summed E-state index contributed by atoms with van der Waals surface area (Å²) in [6, 6.07) is 10.3. The molecule has 0 aromatic heterocycles. The second-order valence-electron chi connectivity index (χ2n) is 3.91. The number of benzene rings is 1. The minimum atomic E-state index is 0.876. The zero-order chi connectivity index (χ0) is 10.9. The molecule has 0 amide bonds. The van der Waals surface area contributed by atoms with Crippen LogP contribution in [0.3, 0.4) is 0 Å². The van der Waals surface area contributed by atoms with Gasteiger partial charge >= 0.3 is 0 Å². The molecule has 0 fully saturated rings. The minimum absolute atomic E-state index is 0.876. The Labute approximate surface area is 92.5 Å². The molecule has 0 unspecified atom stereocenters. The van der Waals surface area contributed by atoms with Crippen molar-refractivity contribution in [3.63, 3.8) is 0 Å². The van der Waals surface area contributed by atoms with Crippen LogP contribution in [0.2, 0.25) is 0 Å². The van der Waals surface area contributed by atoms with Gasteiger partial charge in [0.05, 0.1) is 6.26 Å². The maximum atomic E-state index is 9.12. The molecule has 0 bridgehead atoms. The van der Waals surface area contributed by atoms with Crippen molar-refractivity contribution in [3.05, 3.63) is 47.7 Å². The predicted molar refractivity (Wildman–Crippen MR) is 65.0 cm³/mol. The summed E-state index contributed by atoms with van der Waals surface area (Å²) in [6.45, 7) is 2.19. The van der Waals surface area contributed by atoms with E-state index < -0.39 is 0 Å². The molecule has 1 nitrogen and oxygen atoms in total. The van der Waals surface area contributed by atoms with E-state index >= 15 is 0 Å². The van der Waals surface area contributed by atoms with Gasteiger partial charge in [-0.3, -0.25) is 0 Å². The monoisotopic (exact) mass is 204 g/mol. The van der Waals surface area contributed by atoms with Gasteiger partial charge in [0, 0.05) is 0 Å². The maximum absolute atomic E-state index is 9.12. The fourth-order valence-electron chi connectivity index (χ4n) is 1.66. The van der Waals surface area contributed by atoms with Crippen LogP contribution in [0.5, 0.6) is 0 Å². The first-order valence-electron chi connectivity index (χ1n) is 5.73. The molecule has 0 aliphatic heterocycles. The third-order valence-corrected chi connectivity index (χ3v) is 2.56. The van der Waals surface area contributed by atoms with Crippen LogP contribution < -0.4 is 0 Å². The Hall–Kier alpha value is -1.24. The lowest BCUT2D eigenvalue weighted by atomic mass is 10.0.